The van der Waals surface area contributed by atoms with Gasteiger partial charge in [-0.15, -0.1) is 0 Å². The molecule has 0 aromatic heterocycles. The van der Waals surface area contributed by atoms with E-state index >= 15 is 0 Å². The Morgan fingerprint density at radius 1 is 1.09 bits per heavy atom. The van der Waals surface area contributed by atoms with E-state index in [1.165, 1.54) is 0 Å². The van der Waals surface area contributed by atoms with Crippen molar-refractivity contribution < 1.29 is 38.8 Å². The first-order valence-corrected chi connectivity index (χ1v) is 11.3. The minimum Gasteiger partial charge on any atom is -0.455 e. The van der Waals surface area contributed by atoms with E-state index < -0.39 is 53.3 Å². The van der Waals surface area contributed by atoms with Gasteiger partial charge in [0.15, 0.2) is 6.10 Å². The minimum atomic E-state index is -1.80. The Kier molecular flexibility index (Phi) is 6.65. The van der Waals surface area contributed by atoms with Gasteiger partial charge in [0.2, 0.25) is 5.79 Å². The molecule has 0 bridgehead atoms. The normalized spacial score (nSPS) is 38.9. The van der Waals surface area contributed by atoms with Crippen LogP contribution >= 0.6 is 0 Å². The van der Waals surface area contributed by atoms with E-state index in [0.717, 1.165) is 0 Å². The molecule has 0 saturated heterocycles. The van der Waals surface area contributed by atoms with Gasteiger partial charge in [0.05, 0.1) is 6.10 Å². The highest BCUT2D eigenvalue weighted by Crippen LogP contribution is 2.60. The van der Waals surface area contributed by atoms with E-state index in [4.69, 9.17) is 14.2 Å². The predicted molar refractivity (Wildman–Crippen MR) is 118 cm³/mol. The van der Waals surface area contributed by atoms with Crippen molar-refractivity contribution in [1.82, 2.24) is 0 Å². The number of allylic oxidation sites excluding steroid dienone is 2. The van der Waals surface area contributed by atoms with Gasteiger partial charge in [0.1, 0.15) is 6.10 Å². The summed E-state index contributed by atoms with van der Waals surface area (Å²) in [5.41, 5.74) is 0.925. The van der Waals surface area contributed by atoms with Crippen molar-refractivity contribution in [3.8, 4) is 0 Å². The van der Waals surface area contributed by atoms with E-state index in [0.29, 0.717) is 22.3 Å². The summed E-state index contributed by atoms with van der Waals surface area (Å²) in [6.45, 7) is 12.1. The number of carbonyl (C=O) groups excluding carboxylic acids is 3. The molecule has 8 heteroatoms. The first-order valence-electron chi connectivity index (χ1n) is 11.3. The molecule has 1 aliphatic heterocycles. The summed E-state index contributed by atoms with van der Waals surface area (Å²) in [6, 6.07) is 0. The molecule has 0 aromatic rings. The molecule has 33 heavy (non-hydrogen) atoms. The monoisotopic (exact) mass is 462 g/mol. The van der Waals surface area contributed by atoms with E-state index in [9.17, 15) is 24.6 Å². The Morgan fingerprint density at radius 2 is 1.61 bits per heavy atom. The first kappa shape index (κ1) is 25.2. The summed E-state index contributed by atoms with van der Waals surface area (Å²) in [5, 5.41) is 22.5. The molecule has 0 aromatic carbocycles. The Balaban J connectivity index is 2.05. The number of carbonyl (C=O) groups is 3. The van der Waals surface area contributed by atoms with Gasteiger partial charge in [-0.25, -0.2) is 14.4 Å². The molecule has 182 valence electrons. The molecule has 0 unspecified atom stereocenters. The Morgan fingerprint density at radius 3 is 2.12 bits per heavy atom. The van der Waals surface area contributed by atoms with Crippen molar-refractivity contribution >= 4 is 17.9 Å². The fraction of sp³-hybridized carbons (Fsp3) is 0.640. The lowest BCUT2D eigenvalue weighted by atomic mass is 9.51. The fourth-order valence-corrected chi connectivity index (χ4v) is 5.25. The molecular formula is C25H34O8. The van der Waals surface area contributed by atoms with E-state index in [2.05, 4.69) is 0 Å². The highest BCUT2D eigenvalue weighted by Gasteiger charge is 2.65. The molecule has 2 fully saturated rings. The number of hydrogen-bond donors (Lipinski definition) is 2. The van der Waals surface area contributed by atoms with Crippen LogP contribution in [0.1, 0.15) is 61.3 Å². The molecule has 2 N–H and O–H groups in total. The molecule has 0 spiro atoms. The molecule has 2 aliphatic carbocycles. The van der Waals surface area contributed by atoms with Crippen LogP contribution in [0, 0.1) is 17.3 Å². The molecule has 1 heterocycles. The molecule has 0 amide bonds. The van der Waals surface area contributed by atoms with Crippen LogP contribution in [0.2, 0.25) is 0 Å². The minimum absolute atomic E-state index is 0.0430. The van der Waals surface area contributed by atoms with Gasteiger partial charge < -0.3 is 24.4 Å². The van der Waals surface area contributed by atoms with Crippen LogP contribution in [0.15, 0.2) is 34.4 Å². The van der Waals surface area contributed by atoms with Crippen LogP contribution in [-0.2, 0) is 28.6 Å². The average Bonchev–Trinajstić information content (AvgIpc) is 3.00. The number of fused-ring (bicyclic) bond motifs is 2. The maximum Gasteiger partial charge on any atom is 0.336 e. The van der Waals surface area contributed by atoms with Gasteiger partial charge in [-0.2, -0.15) is 0 Å². The van der Waals surface area contributed by atoms with Crippen molar-refractivity contribution in [2.24, 2.45) is 17.3 Å². The third-order valence-electron chi connectivity index (χ3n) is 8.00. The summed E-state index contributed by atoms with van der Waals surface area (Å²) >= 11 is 0. The van der Waals surface area contributed by atoms with Gasteiger partial charge in [-0.1, -0.05) is 26.0 Å². The van der Waals surface area contributed by atoms with E-state index in [1.807, 2.05) is 13.8 Å². The number of aliphatic hydroxyl groups excluding tert-OH is 1. The lowest BCUT2D eigenvalue weighted by Crippen LogP contribution is -2.65. The third kappa shape index (κ3) is 4.04. The van der Waals surface area contributed by atoms with Crippen molar-refractivity contribution in [3.63, 3.8) is 0 Å². The smallest absolute Gasteiger partial charge is 0.336 e. The topological polar surface area (TPSA) is 119 Å². The van der Waals surface area contributed by atoms with Gasteiger partial charge in [0, 0.05) is 40.5 Å². The largest absolute Gasteiger partial charge is 0.455 e. The van der Waals surface area contributed by atoms with Crippen LogP contribution in [0.3, 0.4) is 0 Å². The maximum atomic E-state index is 12.7. The van der Waals surface area contributed by atoms with Gasteiger partial charge in [-0.05, 0) is 46.5 Å². The van der Waals surface area contributed by atoms with Gasteiger partial charge in [0.25, 0.3) is 0 Å². The van der Waals surface area contributed by atoms with Crippen LogP contribution in [0.4, 0.5) is 0 Å². The van der Waals surface area contributed by atoms with Crippen molar-refractivity contribution in [1.29, 1.82) is 0 Å². The zero-order chi connectivity index (χ0) is 24.9. The number of aliphatic hydroxyl groups is 2. The zero-order valence-electron chi connectivity index (χ0n) is 20.3. The number of hydrogen-bond acceptors (Lipinski definition) is 8. The summed E-state index contributed by atoms with van der Waals surface area (Å²) in [7, 11) is 0. The van der Waals surface area contributed by atoms with Crippen molar-refractivity contribution in [2.45, 2.75) is 85.4 Å². The van der Waals surface area contributed by atoms with E-state index in [1.54, 1.807) is 46.8 Å². The molecule has 3 rings (SSSR count). The summed E-state index contributed by atoms with van der Waals surface area (Å²) in [5.74, 6) is -4.53. The Labute approximate surface area is 194 Å². The lowest BCUT2D eigenvalue weighted by molar-refractivity contribution is -0.251. The van der Waals surface area contributed by atoms with Crippen molar-refractivity contribution in [2.75, 3.05) is 0 Å². The van der Waals surface area contributed by atoms with E-state index in [-0.39, 0.29) is 18.8 Å². The predicted octanol–water partition coefficient (Wildman–Crippen LogP) is 2.73. The second-order valence-electron chi connectivity index (χ2n) is 9.73. The Bertz CT molecular complexity index is 959. The highest BCUT2D eigenvalue weighted by atomic mass is 16.7. The van der Waals surface area contributed by atoms with Gasteiger partial charge in [-0.3, -0.25) is 0 Å². The first-order chi connectivity index (χ1) is 15.3. The standard InChI is InChI=1S/C25H34O8/c1-8-12(3)21(27)31-19-15(6)24(7)10-16-14(5)23(29)33-25(16,30)11-17(24)18(26)20(19)32-22(28)13(4)9-2/h8-9,15,17-20,26,30H,10-11H2,1-7H3/b12-8-,13-9+/t15-,17-,18-,19-,20-,24+,25-/m0/s1. The summed E-state index contributed by atoms with van der Waals surface area (Å²) in [6.07, 6.45) is 0.112. The molecule has 2 saturated carbocycles. The van der Waals surface area contributed by atoms with Crippen LogP contribution in [0.5, 0.6) is 0 Å². The highest BCUT2D eigenvalue weighted by molar-refractivity contribution is 5.92. The van der Waals surface area contributed by atoms with Crippen LogP contribution in [-0.4, -0.2) is 52.2 Å². The number of rotatable bonds is 4. The molecule has 3 aliphatic rings. The second-order valence-corrected chi connectivity index (χ2v) is 9.73. The average molecular weight is 463 g/mol. The summed E-state index contributed by atoms with van der Waals surface area (Å²) < 4.78 is 16.8. The second kappa shape index (κ2) is 8.72. The quantitative estimate of drug-likeness (QED) is 0.372. The molecule has 0 radical (unpaired) electrons. The Hall–Kier alpha value is -2.45. The van der Waals surface area contributed by atoms with Crippen molar-refractivity contribution in [3.05, 3.63) is 34.4 Å². The molecule has 8 nitrogen and oxygen atoms in total. The zero-order valence-corrected chi connectivity index (χ0v) is 20.3. The third-order valence-corrected chi connectivity index (χ3v) is 8.00. The number of esters is 3. The maximum absolute atomic E-state index is 12.7. The summed E-state index contributed by atoms with van der Waals surface area (Å²) in [4.78, 5) is 37.5. The molecular weight excluding hydrogens is 428 g/mol. The fourth-order valence-electron chi connectivity index (χ4n) is 5.25. The number of ether oxygens (including phenoxy) is 3. The lowest BCUT2D eigenvalue weighted by Gasteiger charge is -2.58. The van der Waals surface area contributed by atoms with Crippen LogP contribution in [0.25, 0.3) is 0 Å². The SMILES string of the molecule is C/C=C(/C)C(=O)O[C@@H]1[C@@H](OC(=O)/C(C)=C/C)[C@@H](O)[C@@H]2C[C@]3(O)OC(=O)C(C)=C3C[C@]2(C)[C@H]1C. The van der Waals surface area contributed by atoms with Gasteiger partial charge >= 0.3 is 17.9 Å². The van der Waals surface area contributed by atoms with Crippen LogP contribution < -0.4 is 0 Å². The molecule has 7 atom stereocenters.